The molecule has 0 fully saturated rings. The Kier molecular flexibility index (Phi) is 4.93. The highest BCUT2D eigenvalue weighted by Gasteiger charge is 2.13. The van der Waals surface area contributed by atoms with Crippen LogP contribution in [0.2, 0.25) is 5.02 Å². The van der Waals surface area contributed by atoms with Crippen LogP contribution in [-0.4, -0.2) is 18.4 Å². The van der Waals surface area contributed by atoms with Gasteiger partial charge in [0.05, 0.1) is 5.56 Å². The van der Waals surface area contributed by atoms with E-state index in [1.165, 1.54) is 0 Å². The van der Waals surface area contributed by atoms with Gasteiger partial charge in [-0.25, -0.2) is 4.79 Å². The Morgan fingerprint density at radius 1 is 1.05 bits per heavy atom. The molecular weight excluding hydrogens is 344 g/mol. The van der Waals surface area contributed by atoms with Crippen molar-refractivity contribution in [2.45, 2.75) is 0 Å². The lowest BCUT2D eigenvalue weighted by Crippen LogP contribution is -2.14. The summed E-state index contributed by atoms with van der Waals surface area (Å²) in [5.41, 5.74) is 0.839. The zero-order chi connectivity index (χ0) is 14.5. The van der Waals surface area contributed by atoms with E-state index in [1.807, 2.05) is 0 Å². The van der Waals surface area contributed by atoms with Crippen LogP contribution in [0.3, 0.4) is 0 Å². The summed E-state index contributed by atoms with van der Waals surface area (Å²) in [6.07, 6.45) is 0. The molecule has 2 aromatic carbocycles. The predicted molar refractivity (Wildman–Crippen MR) is 80.2 cm³/mol. The molecule has 5 heteroatoms. The monoisotopic (exact) mass is 352 g/mol. The van der Waals surface area contributed by atoms with Gasteiger partial charge in [0.15, 0.2) is 12.4 Å². The van der Waals surface area contributed by atoms with Gasteiger partial charge in [0.2, 0.25) is 0 Å². The topological polar surface area (TPSA) is 43.4 Å². The SMILES string of the molecule is O=C(COC(=O)c1ccccc1Br)c1ccc(Cl)cc1. The van der Waals surface area contributed by atoms with Gasteiger partial charge in [0.25, 0.3) is 0 Å². The number of carbonyl (C=O) groups is 2. The summed E-state index contributed by atoms with van der Waals surface area (Å²) in [6.45, 7) is -0.304. The molecule has 0 spiro atoms. The lowest BCUT2D eigenvalue weighted by molar-refractivity contribution is 0.0474. The van der Waals surface area contributed by atoms with Gasteiger partial charge in [-0.3, -0.25) is 4.79 Å². The largest absolute Gasteiger partial charge is 0.454 e. The summed E-state index contributed by atoms with van der Waals surface area (Å²) in [5.74, 6) is -0.818. The first kappa shape index (κ1) is 14.8. The van der Waals surface area contributed by atoms with E-state index in [0.29, 0.717) is 20.6 Å². The molecule has 102 valence electrons. The van der Waals surface area contributed by atoms with E-state index < -0.39 is 5.97 Å². The van der Waals surface area contributed by atoms with Crippen molar-refractivity contribution in [3.63, 3.8) is 0 Å². The molecule has 0 N–H and O–H groups in total. The first-order valence-corrected chi connectivity index (χ1v) is 6.95. The summed E-state index contributed by atoms with van der Waals surface area (Å²) < 4.78 is 5.63. The summed E-state index contributed by atoms with van der Waals surface area (Å²) in [4.78, 5) is 23.7. The first-order chi connectivity index (χ1) is 9.58. The lowest BCUT2D eigenvalue weighted by Gasteiger charge is -2.06. The standard InChI is InChI=1S/C15H10BrClO3/c16-13-4-2-1-3-12(13)15(19)20-9-14(18)10-5-7-11(17)8-6-10/h1-8H,9H2. The minimum absolute atomic E-state index is 0.276. The highest BCUT2D eigenvalue weighted by Crippen LogP contribution is 2.17. The van der Waals surface area contributed by atoms with Crippen molar-refractivity contribution < 1.29 is 14.3 Å². The molecule has 2 aromatic rings. The van der Waals surface area contributed by atoms with Crippen LogP contribution in [0.4, 0.5) is 0 Å². The summed E-state index contributed by atoms with van der Waals surface area (Å²) in [6, 6.07) is 13.3. The Balaban J connectivity index is 1.99. The highest BCUT2D eigenvalue weighted by molar-refractivity contribution is 9.10. The minimum atomic E-state index is -0.542. The van der Waals surface area contributed by atoms with Gasteiger partial charge in [-0.05, 0) is 52.3 Å². The van der Waals surface area contributed by atoms with Gasteiger partial charge in [0.1, 0.15) is 0 Å². The molecule has 0 aromatic heterocycles. The number of rotatable bonds is 4. The molecule has 3 nitrogen and oxygen atoms in total. The molecular formula is C15H10BrClO3. The van der Waals surface area contributed by atoms with Gasteiger partial charge >= 0.3 is 5.97 Å². The van der Waals surface area contributed by atoms with Gasteiger partial charge in [-0.1, -0.05) is 23.7 Å². The second-order valence-electron chi connectivity index (χ2n) is 3.99. The Bertz CT molecular complexity index is 638. The summed E-state index contributed by atoms with van der Waals surface area (Å²) in [5, 5.41) is 0.548. The van der Waals surface area contributed by atoms with E-state index in [2.05, 4.69) is 15.9 Å². The molecule has 0 radical (unpaired) electrons. The van der Waals surface area contributed by atoms with Crippen molar-refractivity contribution in [1.82, 2.24) is 0 Å². The van der Waals surface area contributed by atoms with Crippen molar-refractivity contribution >= 4 is 39.3 Å². The van der Waals surface area contributed by atoms with Gasteiger partial charge in [-0.2, -0.15) is 0 Å². The maximum absolute atomic E-state index is 11.8. The maximum atomic E-state index is 11.8. The fourth-order valence-electron chi connectivity index (χ4n) is 1.55. The van der Waals surface area contributed by atoms with E-state index in [-0.39, 0.29) is 12.4 Å². The number of ether oxygens (including phenoxy) is 1. The average molecular weight is 354 g/mol. The number of ketones is 1. The fraction of sp³-hybridized carbons (Fsp3) is 0.0667. The molecule has 0 saturated heterocycles. The molecule has 0 bridgehead atoms. The van der Waals surface area contributed by atoms with Crippen LogP contribution >= 0.6 is 27.5 Å². The highest BCUT2D eigenvalue weighted by atomic mass is 79.9. The number of benzene rings is 2. The quantitative estimate of drug-likeness (QED) is 0.613. The van der Waals surface area contributed by atoms with E-state index in [9.17, 15) is 9.59 Å². The normalized spacial score (nSPS) is 10.1. The first-order valence-electron chi connectivity index (χ1n) is 5.78. The van der Waals surface area contributed by atoms with E-state index in [0.717, 1.165) is 0 Å². The Hall–Kier alpha value is -1.65. The molecule has 2 rings (SSSR count). The Morgan fingerprint density at radius 2 is 1.70 bits per heavy atom. The van der Waals surface area contributed by atoms with E-state index >= 15 is 0 Å². The Labute approximate surface area is 129 Å². The van der Waals surface area contributed by atoms with Crippen LogP contribution in [0, 0.1) is 0 Å². The summed E-state index contributed by atoms with van der Waals surface area (Å²) in [7, 11) is 0. The zero-order valence-corrected chi connectivity index (χ0v) is 12.6. The molecule has 0 heterocycles. The number of hydrogen-bond donors (Lipinski definition) is 0. The van der Waals surface area contributed by atoms with Crippen molar-refractivity contribution in [3.8, 4) is 0 Å². The predicted octanol–water partition coefficient (Wildman–Crippen LogP) is 4.14. The molecule has 0 aliphatic heterocycles. The number of carbonyl (C=O) groups excluding carboxylic acids is 2. The zero-order valence-electron chi connectivity index (χ0n) is 10.3. The van der Waals surface area contributed by atoms with Crippen molar-refractivity contribution in [1.29, 1.82) is 0 Å². The molecule has 0 aliphatic carbocycles. The van der Waals surface area contributed by atoms with Gasteiger partial charge in [0, 0.05) is 15.1 Å². The fourth-order valence-corrected chi connectivity index (χ4v) is 2.13. The van der Waals surface area contributed by atoms with Crippen LogP contribution in [0.5, 0.6) is 0 Å². The van der Waals surface area contributed by atoms with Crippen molar-refractivity contribution in [3.05, 3.63) is 69.2 Å². The molecule has 0 aliphatic rings. The lowest BCUT2D eigenvalue weighted by atomic mass is 10.1. The van der Waals surface area contributed by atoms with Crippen molar-refractivity contribution in [2.75, 3.05) is 6.61 Å². The molecule has 0 atom stereocenters. The third kappa shape index (κ3) is 3.68. The second kappa shape index (κ2) is 6.68. The second-order valence-corrected chi connectivity index (χ2v) is 5.28. The molecule has 0 amide bonds. The van der Waals surface area contributed by atoms with Crippen LogP contribution in [0.25, 0.3) is 0 Å². The number of esters is 1. The molecule has 0 saturated carbocycles. The smallest absolute Gasteiger partial charge is 0.339 e. The van der Waals surface area contributed by atoms with Gasteiger partial charge in [-0.15, -0.1) is 0 Å². The molecule has 20 heavy (non-hydrogen) atoms. The van der Waals surface area contributed by atoms with Crippen LogP contribution in [-0.2, 0) is 4.74 Å². The third-order valence-corrected chi connectivity index (χ3v) is 3.54. The van der Waals surface area contributed by atoms with Crippen LogP contribution in [0.1, 0.15) is 20.7 Å². The van der Waals surface area contributed by atoms with Crippen LogP contribution in [0.15, 0.2) is 53.0 Å². The minimum Gasteiger partial charge on any atom is -0.454 e. The number of Topliss-reactive ketones (excluding diaryl/α,β-unsaturated/α-hetero) is 1. The maximum Gasteiger partial charge on any atom is 0.339 e. The average Bonchev–Trinajstić information content (AvgIpc) is 2.45. The van der Waals surface area contributed by atoms with E-state index in [4.69, 9.17) is 16.3 Å². The van der Waals surface area contributed by atoms with Gasteiger partial charge < -0.3 is 4.74 Å². The number of halogens is 2. The summed E-state index contributed by atoms with van der Waals surface area (Å²) >= 11 is 9.00. The third-order valence-electron chi connectivity index (χ3n) is 2.59. The Morgan fingerprint density at radius 3 is 2.35 bits per heavy atom. The van der Waals surface area contributed by atoms with E-state index in [1.54, 1.807) is 48.5 Å². The molecule has 0 unspecified atom stereocenters. The van der Waals surface area contributed by atoms with Crippen molar-refractivity contribution in [2.24, 2.45) is 0 Å². The number of hydrogen-bond acceptors (Lipinski definition) is 3. The van der Waals surface area contributed by atoms with Crippen LogP contribution < -0.4 is 0 Å².